The largest absolute Gasteiger partial charge is 0.313 e. The lowest BCUT2D eigenvalue weighted by Gasteiger charge is -2.10. The van der Waals surface area contributed by atoms with E-state index < -0.39 is 0 Å². The third kappa shape index (κ3) is 3.29. The molecule has 2 aromatic rings. The molecule has 1 aromatic carbocycles. The van der Waals surface area contributed by atoms with Crippen molar-refractivity contribution in [1.29, 1.82) is 0 Å². The topological polar surface area (TPSA) is 29.9 Å². The molecule has 2 rings (SSSR count). The van der Waals surface area contributed by atoms with Crippen LogP contribution in [0.1, 0.15) is 12.5 Å². The van der Waals surface area contributed by atoms with Gasteiger partial charge < -0.3 is 5.32 Å². The quantitative estimate of drug-likeness (QED) is 0.790. The van der Waals surface area contributed by atoms with Crippen molar-refractivity contribution >= 4 is 38.5 Å². The van der Waals surface area contributed by atoms with Crippen molar-refractivity contribution in [2.75, 3.05) is 6.54 Å². The molecule has 0 aliphatic rings. The highest BCUT2D eigenvalue weighted by Gasteiger charge is 2.06. The van der Waals surface area contributed by atoms with Gasteiger partial charge in [0.15, 0.2) is 0 Å². The van der Waals surface area contributed by atoms with Gasteiger partial charge in [-0.3, -0.25) is 0 Å². The van der Waals surface area contributed by atoms with E-state index in [0.29, 0.717) is 0 Å². The lowest BCUT2D eigenvalue weighted by atomic mass is 10.2. The summed E-state index contributed by atoms with van der Waals surface area (Å²) in [5.41, 5.74) is 2.36. The molecule has 5 heteroatoms. The maximum absolute atomic E-state index is 4.36. The lowest BCUT2D eigenvalue weighted by molar-refractivity contribution is 0.716. The third-order valence-electron chi connectivity index (χ3n) is 2.41. The average Bonchev–Trinajstić information content (AvgIpc) is 2.74. The molecular weight excluding hydrogens is 393 g/mol. The molecular formula is C12H13BrIN3. The third-order valence-corrected chi connectivity index (χ3v) is 3.46. The molecule has 0 aliphatic carbocycles. The molecule has 0 unspecified atom stereocenters. The van der Waals surface area contributed by atoms with Gasteiger partial charge in [0.05, 0.1) is 15.5 Å². The Morgan fingerprint density at radius 2 is 2.29 bits per heavy atom. The molecule has 0 saturated carbocycles. The van der Waals surface area contributed by atoms with Gasteiger partial charge in [0.2, 0.25) is 0 Å². The number of benzene rings is 1. The minimum atomic E-state index is 0.857. The first kappa shape index (κ1) is 13.0. The van der Waals surface area contributed by atoms with Crippen LogP contribution in [0.25, 0.3) is 5.69 Å². The normalized spacial score (nSPS) is 10.8. The highest BCUT2D eigenvalue weighted by molar-refractivity contribution is 14.1. The minimum Gasteiger partial charge on any atom is -0.313 e. The van der Waals surface area contributed by atoms with Gasteiger partial charge in [-0.25, -0.2) is 4.68 Å². The van der Waals surface area contributed by atoms with Crippen LogP contribution in [0, 0.1) is 3.57 Å². The van der Waals surface area contributed by atoms with E-state index >= 15 is 0 Å². The predicted octanol–water partition coefficient (Wildman–Crippen LogP) is 3.35. The molecule has 0 atom stereocenters. The molecule has 1 heterocycles. The fraction of sp³-hybridized carbons (Fsp3) is 0.250. The van der Waals surface area contributed by atoms with Gasteiger partial charge in [-0.2, -0.15) is 5.10 Å². The van der Waals surface area contributed by atoms with Crippen LogP contribution >= 0.6 is 38.5 Å². The number of hydrogen-bond acceptors (Lipinski definition) is 2. The van der Waals surface area contributed by atoms with Crippen LogP contribution in [0.4, 0.5) is 0 Å². The summed E-state index contributed by atoms with van der Waals surface area (Å²) in [6, 6.07) is 6.27. The van der Waals surface area contributed by atoms with Crippen molar-refractivity contribution in [2.45, 2.75) is 13.5 Å². The molecule has 1 aromatic heterocycles. The number of nitrogens with zero attached hydrogens (tertiary/aromatic N) is 2. The summed E-state index contributed by atoms with van der Waals surface area (Å²) in [5.74, 6) is 0. The SMILES string of the molecule is CCNCc1ccc(Br)cc1-n1cc(I)cn1. The molecule has 0 fully saturated rings. The lowest BCUT2D eigenvalue weighted by Crippen LogP contribution is -2.14. The number of rotatable bonds is 4. The molecule has 0 aliphatic heterocycles. The highest BCUT2D eigenvalue weighted by atomic mass is 127. The van der Waals surface area contributed by atoms with Gasteiger partial charge in [-0.05, 0) is 46.8 Å². The standard InChI is InChI=1S/C12H13BrIN3/c1-2-15-6-9-3-4-10(13)5-12(9)17-8-11(14)7-16-17/h3-5,7-8,15H,2,6H2,1H3. The molecule has 0 saturated heterocycles. The molecule has 0 bridgehead atoms. The predicted molar refractivity (Wildman–Crippen MR) is 81.4 cm³/mol. The van der Waals surface area contributed by atoms with Gasteiger partial charge in [0, 0.05) is 17.2 Å². The van der Waals surface area contributed by atoms with Crippen LogP contribution < -0.4 is 5.32 Å². The van der Waals surface area contributed by atoms with Gasteiger partial charge in [-0.1, -0.05) is 28.9 Å². The van der Waals surface area contributed by atoms with Crippen LogP contribution in [0.15, 0.2) is 35.1 Å². The summed E-state index contributed by atoms with van der Waals surface area (Å²) in [6.45, 7) is 3.93. The fourth-order valence-corrected chi connectivity index (χ4v) is 2.33. The minimum absolute atomic E-state index is 0.857. The van der Waals surface area contributed by atoms with E-state index in [1.807, 2.05) is 17.1 Å². The van der Waals surface area contributed by atoms with Crippen molar-refractivity contribution < 1.29 is 0 Å². The Hall–Kier alpha value is -0.400. The van der Waals surface area contributed by atoms with E-state index in [1.54, 1.807) is 0 Å². The Morgan fingerprint density at radius 3 is 2.94 bits per heavy atom. The Labute approximate surface area is 123 Å². The Bertz CT molecular complexity index is 510. The molecule has 17 heavy (non-hydrogen) atoms. The molecule has 0 amide bonds. The van der Waals surface area contributed by atoms with E-state index in [-0.39, 0.29) is 0 Å². The number of nitrogens with one attached hydrogen (secondary N) is 1. The second kappa shape index (κ2) is 5.97. The molecule has 90 valence electrons. The Balaban J connectivity index is 2.39. The summed E-state index contributed by atoms with van der Waals surface area (Å²) in [5, 5.41) is 7.70. The van der Waals surface area contributed by atoms with Crippen LogP contribution in [-0.4, -0.2) is 16.3 Å². The van der Waals surface area contributed by atoms with E-state index in [4.69, 9.17) is 0 Å². The maximum Gasteiger partial charge on any atom is 0.0702 e. The summed E-state index contributed by atoms with van der Waals surface area (Å²) >= 11 is 5.77. The number of halogens is 2. The van der Waals surface area contributed by atoms with Crippen LogP contribution in [0.2, 0.25) is 0 Å². The van der Waals surface area contributed by atoms with Gasteiger partial charge in [-0.15, -0.1) is 0 Å². The maximum atomic E-state index is 4.36. The molecule has 3 nitrogen and oxygen atoms in total. The van der Waals surface area contributed by atoms with Gasteiger partial charge in [0.25, 0.3) is 0 Å². The zero-order valence-electron chi connectivity index (χ0n) is 9.45. The summed E-state index contributed by atoms with van der Waals surface area (Å²) in [4.78, 5) is 0. The van der Waals surface area contributed by atoms with Crippen molar-refractivity contribution in [3.8, 4) is 5.69 Å². The Morgan fingerprint density at radius 1 is 1.47 bits per heavy atom. The summed E-state index contributed by atoms with van der Waals surface area (Å²) < 4.78 is 4.12. The van der Waals surface area contributed by atoms with Crippen LogP contribution in [0.5, 0.6) is 0 Å². The first-order chi connectivity index (χ1) is 8.20. The number of hydrogen-bond donors (Lipinski definition) is 1. The average molecular weight is 406 g/mol. The molecule has 1 N–H and O–H groups in total. The van der Waals surface area contributed by atoms with E-state index in [2.05, 4.69) is 74.1 Å². The molecule has 0 spiro atoms. The monoisotopic (exact) mass is 405 g/mol. The van der Waals surface area contributed by atoms with Crippen molar-refractivity contribution in [3.63, 3.8) is 0 Å². The summed E-state index contributed by atoms with van der Waals surface area (Å²) in [6.07, 6.45) is 3.89. The van der Waals surface area contributed by atoms with E-state index in [1.165, 1.54) is 5.56 Å². The van der Waals surface area contributed by atoms with Crippen molar-refractivity contribution in [2.24, 2.45) is 0 Å². The summed E-state index contributed by atoms with van der Waals surface area (Å²) in [7, 11) is 0. The first-order valence-electron chi connectivity index (χ1n) is 5.40. The van der Waals surface area contributed by atoms with E-state index in [9.17, 15) is 0 Å². The second-order valence-electron chi connectivity index (χ2n) is 3.66. The van der Waals surface area contributed by atoms with Gasteiger partial charge in [0.1, 0.15) is 0 Å². The van der Waals surface area contributed by atoms with Crippen molar-refractivity contribution in [1.82, 2.24) is 15.1 Å². The second-order valence-corrected chi connectivity index (χ2v) is 5.82. The zero-order chi connectivity index (χ0) is 12.3. The number of aromatic nitrogens is 2. The first-order valence-corrected chi connectivity index (χ1v) is 7.27. The zero-order valence-corrected chi connectivity index (χ0v) is 13.2. The van der Waals surface area contributed by atoms with Crippen LogP contribution in [0.3, 0.4) is 0 Å². The highest BCUT2D eigenvalue weighted by Crippen LogP contribution is 2.20. The Kier molecular flexibility index (Phi) is 4.58. The van der Waals surface area contributed by atoms with E-state index in [0.717, 1.165) is 26.8 Å². The van der Waals surface area contributed by atoms with Crippen LogP contribution in [-0.2, 0) is 6.54 Å². The molecule has 0 radical (unpaired) electrons. The smallest absolute Gasteiger partial charge is 0.0702 e. The fourth-order valence-electron chi connectivity index (χ4n) is 1.59. The van der Waals surface area contributed by atoms with Gasteiger partial charge >= 0.3 is 0 Å². The van der Waals surface area contributed by atoms with Crippen molar-refractivity contribution in [3.05, 3.63) is 44.2 Å².